The SMILES string of the molecule is c1cc2c(nc1[C@H]1CCN1)OCCN2. The second-order valence-electron chi connectivity index (χ2n) is 3.66. The Kier molecular flexibility index (Phi) is 1.80. The van der Waals surface area contributed by atoms with E-state index in [9.17, 15) is 0 Å². The first-order chi connectivity index (χ1) is 6.93. The van der Waals surface area contributed by atoms with Crippen molar-refractivity contribution in [3.05, 3.63) is 17.8 Å². The number of fused-ring (bicyclic) bond motifs is 1. The van der Waals surface area contributed by atoms with Gasteiger partial charge in [-0.15, -0.1) is 0 Å². The summed E-state index contributed by atoms with van der Waals surface area (Å²) in [6.45, 7) is 2.68. The van der Waals surface area contributed by atoms with E-state index >= 15 is 0 Å². The first-order valence-corrected chi connectivity index (χ1v) is 5.04. The molecule has 0 aromatic carbocycles. The zero-order chi connectivity index (χ0) is 9.38. The summed E-state index contributed by atoms with van der Waals surface area (Å²) in [5.74, 6) is 0.752. The Bertz CT molecular complexity index is 349. The van der Waals surface area contributed by atoms with Crippen molar-refractivity contribution >= 4 is 5.69 Å². The van der Waals surface area contributed by atoms with Crippen LogP contribution in [0.4, 0.5) is 5.69 Å². The first kappa shape index (κ1) is 8.05. The first-order valence-electron chi connectivity index (χ1n) is 5.04. The molecule has 0 saturated carbocycles. The lowest BCUT2D eigenvalue weighted by atomic mass is 10.0. The number of pyridine rings is 1. The molecule has 0 bridgehead atoms. The van der Waals surface area contributed by atoms with Crippen LogP contribution >= 0.6 is 0 Å². The molecule has 1 atom stereocenters. The fourth-order valence-corrected chi connectivity index (χ4v) is 1.77. The summed E-state index contributed by atoms with van der Waals surface area (Å²) in [6.07, 6.45) is 1.18. The highest BCUT2D eigenvalue weighted by molar-refractivity contribution is 5.54. The van der Waals surface area contributed by atoms with Crippen LogP contribution in [-0.2, 0) is 0 Å². The van der Waals surface area contributed by atoms with Crippen molar-refractivity contribution in [2.45, 2.75) is 12.5 Å². The molecule has 1 saturated heterocycles. The van der Waals surface area contributed by atoms with Gasteiger partial charge in [-0.2, -0.15) is 0 Å². The van der Waals surface area contributed by atoms with Gasteiger partial charge in [0.05, 0.1) is 17.4 Å². The van der Waals surface area contributed by atoms with E-state index in [4.69, 9.17) is 4.74 Å². The van der Waals surface area contributed by atoms with Crippen molar-refractivity contribution in [3.63, 3.8) is 0 Å². The number of anilines is 1. The molecule has 3 rings (SSSR count). The average molecular weight is 191 g/mol. The van der Waals surface area contributed by atoms with Crippen LogP contribution in [0.1, 0.15) is 18.2 Å². The third kappa shape index (κ3) is 1.23. The highest BCUT2D eigenvalue weighted by atomic mass is 16.5. The van der Waals surface area contributed by atoms with Crippen LogP contribution in [-0.4, -0.2) is 24.7 Å². The molecule has 74 valence electrons. The molecule has 0 amide bonds. The number of rotatable bonds is 1. The van der Waals surface area contributed by atoms with Crippen LogP contribution in [0.25, 0.3) is 0 Å². The third-order valence-corrected chi connectivity index (χ3v) is 2.72. The van der Waals surface area contributed by atoms with E-state index in [-0.39, 0.29) is 0 Å². The van der Waals surface area contributed by atoms with E-state index in [0.717, 1.165) is 30.4 Å². The van der Waals surface area contributed by atoms with Crippen molar-refractivity contribution < 1.29 is 4.74 Å². The summed E-state index contributed by atoms with van der Waals surface area (Å²) >= 11 is 0. The number of aromatic nitrogens is 1. The molecule has 0 unspecified atom stereocenters. The molecule has 4 nitrogen and oxygen atoms in total. The largest absolute Gasteiger partial charge is 0.474 e. The van der Waals surface area contributed by atoms with Gasteiger partial charge in [0.2, 0.25) is 5.88 Å². The highest BCUT2D eigenvalue weighted by Crippen LogP contribution is 2.29. The predicted molar refractivity (Wildman–Crippen MR) is 53.6 cm³/mol. The monoisotopic (exact) mass is 191 g/mol. The smallest absolute Gasteiger partial charge is 0.237 e. The lowest BCUT2D eigenvalue weighted by molar-refractivity contribution is 0.304. The fraction of sp³-hybridized carbons (Fsp3) is 0.500. The number of nitrogens with one attached hydrogen (secondary N) is 2. The van der Waals surface area contributed by atoms with E-state index in [0.29, 0.717) is 12.6 Å². The molecule has 1 aromatic heterocycles. The summed E-state index contributed by atoms with van der Waals surface area (Å²) in [7, 11) is 0. The second kappa shape index (κ2) is 3.13. The van der Waals surface area contributed by atoms with Gasteiger partial charge in [0.15, 0.2) is 0 Å². The number of hydrogen-bond donors (Lipinski definition) is 2. The molecule has 1 fully saturated rings. The fourth-order valence-electron chi connectivity index (χ4n) is 1.77. The van der Waals surface area contributed by atoms with Gasteiger partial charge in [0.25, 0.3) is 0 Å². The Morgan fingerprint density at radius 2 is 2.29 bits per heavy atom. The molecular formula is C10H13N3O. The van der Waals surface area contributed by atoms with Crippen molar-refractivity contribution in [3.8, 4) is 5.88 Å². The Labute approximate surface area is 82.7 Å². The molecule has 4 heteroatoms. The molecule has 0 radical (unpaired) electrons. The van der Waals surface area contributed by atoms with E-state index in [1.54, 1.807) is 0 Å². The maximum absolute atomic E-state index is 5.48. The lowest BCUT2D eigenvalue weighted by Gasteiger charge is -2.28. The van der Waals surface area contributed by atoms with Gasteiger partial charge in [0, 0.05) is 6.54 Å². The number of nitrogens with zero attached hydrogens (tertiary/aromatic N) is 1. The van der Waals surface area contributed by atoms with E-state index in [1.165, 1.54) is 6.42 Å². The van der Waals surface area contributed by atoms with Crippen LogP contribution in [0.15, 0.2) is 12.1 Å². The summed E-state index contributed by atoms with van der Waals surface area (Å²) in [6, 6.07) is 4.56. The van der Waals surface area contributed by atoms with Crippen molar-refractivity contribution in [2.24, 2.45) is 0 Å². The molecule has 2 aliphatic rings. The molecule has 0 spiro atoms. The topological polar surface area (TPSA) is 46.2 Å². The van der Waals surface area contributed by atoms with Crippen LogP contribution in [0.2, 0.25) is 0 Å². The molecule has 3 heterocycles. The van der Waals surface area contributed by atoms with Gasteiger partial charge in [-0.25, -0.2) is 4.98 Å². The van der Waals surface area contributed by atoms with Gasteiger partial charge >= 0.3 is 0 Å². The van der Waals surface area contributed by atoms with E-state index in [2.05, 4.69) is 27.8 Å². The zero-order valence-electron chi connectivity index (χ0n) is 7.92. The Morgan fingerprint density at radius 3 is 3.07 bits per heavy atom. The maximum atomic E-state index is 5.48. The molecule has 2 aliphatic heterocycles. The minimum Gasteiger partial charge on any atom is -0.474 e. The molecular weight excluding hydrogens is 178 g/mol. The van der Waals surface area contributed by atoms with Gasteiger partial charge in [0.1, 0.15) is 6.61 Å². The quantitative estimate of drug-likeness (QED) is 0.693. The maximum Gasteiger partial charge on any atom is 0.237 e. The van der Waals surface area contributed by atoms with Gasteiger partial charge in [-0.05, 0) is 25.1 Å². The van der Waals surface area contributed by atoms with Crippen molar-refractivity contribution in [1.29, 1.82) is 0 Å². The summed E-state index contributed by atoms with van der Waals surface area (Å²) < 4.78 is 5.48. The Balaban J connectivity index is 1.92. The molecule has 0 aliphatic carbocycles. The minimum absolute atomic E-state index is 0.436. The van der Waals surface area contributed by atoms with Crippen LogP contribution < -0.4 is 15.4 Å². The van der Waals surface area contributed by atoms with Crippen LogP contribution in [0, 0.1) is 0 Å². The van der Waals surface area contributed by atoms with Gasteiger partial charge in [-0.3, -0.25) is 0 Å². The summed E-state index contributed by atoms with van der Waals surface area (Å²) in [4.78, 5) is 4.49. The minimum atomic E-state index is 0.436. The lowest BCUT2D eigenvalue weighted by Crippen LogP contribution is -2.35. The average Bonchev–Trinajstić information content (AvgIpc) is 2.15. The van der Waals surface area contributed by atoms with Crippen LogP contribution in [0.3, 0.4) is 0 Å². The molecule has 2 N–H and O–H groups in total. The van der Waals surface area contributed by atoms with E-state index in [1.807, 2.05) is 0 Å². The second-order valence-corrected chi connectivity index (χ2v) is 3.66. The molecule has 14 heavy (non-hydrogen) atoms. The summed E-state index contributed by atoms with van der Waals surface area (Å²) in [5.41, 5.74) is 2.11. The van der Waals surface area contributed by atoms with E-state index < -0.39 is 0 Å². The molecule has 1 aromatic rings. The Morgan fingerprint density at radius 1 is 1.36 bits per heavy atom. The highest BCUT2D eigenvalue weighted by Gasteiger charge is 2.21. The number of ether oxygens (including phenoxy) is 1. The van der Waals surface area contributed by atoms with Crippen LogP contribution in [0.5, 0.6) is 5.88 Å². The standard InChI is InChI=1S/C10H13N3O/c1-2-9-10(14-6-5-12-9)13-8(1)7-3-4-11-7/h1-2,7,11-12H,3-6H2/t7-/m1/s1. The van der Waals surface area contributed by atoms with Gasteiger partial charge in [-0.1, -0.05) is 0 Å². The number of hydrogen-bond acceptors (Lipinski definition) is 4. The summed E-state index contributed by atoms with van der Waals surface area (Å²) in [5, 5.41) is 6.59. The zero-order valence-corrected chi connectivity index (χ0v) is 7.92. The predicted octanol–water partition coefficient (Wildman–Crippen LogP) is 0.920. The van der Waals surface area contributed by atoms with Crippen molar-refractivity contribution in [2.75, 3.05) is 25.0 Å². The van der Waals surface area contributed by atoms with Crippen molar-refractivity contribution in [1.82, 2.24) is 10.3 Å². The van der Waals surface area contributed by atoms with Gasteiger partial charge < -0.3 is 15.4 Å². The third-order valence-electron chi connectivity index (χ3n) is 2.72. The normalized spacial score (nSPS) is 24.1. The Hall–Kier alpha value is -1.29.